The molecule has 1 aromatic carbocycles. The van der Waals surface area contributed by atoms with Crippen LogP contribution in [0.2, 0.25) is 0 Å². The summed E-state index contributed by atoms with van der Waals surface area (Å²) in [5.74, 6) is 0.879. The number of hydrogen-bond donors (Lipinski definition) is 2. The number of rotatable bonds is 6. The zero-order valence-corrected chi connectivity index (χ0v) is 18.4. The predicted molar refractivity (Wildman–Crippen MR) is 113 cm³/mol. The van der Waals surface area contributed by atoms with Crippen molar-refractivity contribution in [3.8, 4) is 0 Å². The monoisotopic (exact) mass is 429 g/mol. The second-order valence-electron chi connectivity index (χ2n) is 8.52. The largest absolute Gasteiger partial charge is 0.341 e. The van der Waals surface area contributed by atoms with Gasteiger partial charge >= 0.3 is 0 Å². The van der Waals surface area contributed by atoms with Crippen molar-refractivity contribution in [2.45, 2.75) is 57.0 Å². The summed E-state index contributed by atoms with van der Waals surface area (Å²) >= 11 is 0. The molecule has 1 aromatic rings. The molecule has 8 heteroatoms. The molecule has 4 atom stereocenters. The highest BCUT2D eigenvalue weighted by Gasteiger charge is 2.44. The molecule has 158 valence electrons. The maximum atomic E-state index is 13.1. The summed E-state index contributed by atoms with van der Waals surface area (Å²) < 4.78 is 28.3. The van der Waals surface area contributed by atoms with E-state index in [-0.39, 0.29) is 35.2 Å². The molecule has 2 fully saturated rings. The molecule has 1 aliphatic carbocycles. The van der Waals surface area contributed by atoms with Crippen molar-refractivity contribution in [2.24, 2.45) is 23.5 Å². The molecule has 3 N–H and O–H groups in total. The van der Waals surface area contributed by atoms with Crippen molar-refractivity contribution in [2.75, 3.05) is 13.1 Å². The Morgan fingerprint density at radius 1 is 1.21 bits per heavy atom. The van der Waals surface area contributed by atoms with Gasteiger partial charge in [0.25, 0.3) is 0 Å². The lowest BCUT2D eigenvalue weighted by atomic mass is 9.98. The van der Waals surface area contributed by atoms with Gasteiger partial charge < -0.3 is 10.6 Å². The number of amides is 1. The Bertz CT molecular complexity index is 782. The molecule has 1 saturated heterocycles. The molecule has 0 aromatic heterocycles. The minimum Gasteiger partial charge on any atom is -0.341 e. The van der Waals surface area contributed by atoms with Crippen molar-refractivity contribution in [1.82, 2.24) is 9.62 Å². The number of sulfonamides is 1. The van der Waals surface area contributed by atoms with Crippen LogP contribution in [0.5, 0.6) is 0 Å². The Morgan fingerprint density at radius 2 is 1.86 bits per heavy atom. The Hall–Kier alpha value is -1.15. The van der Waals surface area contributed by atoms with E-state index in [0.29, 0.717) is 31.3 Å². The Kier molecular flexibility index (Phi) is 7.53. The van der Waals surface area contributed by atoms with Crippen LogP contribution in [0.15, 0.2) is 29.2 Å². The molecule has 1 heterocycles. The first-order valence-corrected chi connectivity index (χ1v) is 11.3. The molecule has 1 aliphatic heterocycles. The SMILES string of the molecule is Cc1ccc(S(=O)(=O)NC(CC(C)C)C(=O)N2CC3CCC(N)C3C2)cc1.Cl. The first-order chi connectivity index (χ1) is 12.7. The number of benzene rings is 1. The van der Waals surface area contributed by atoms with Crippen LogP contribution in [0, 0.1) is 24.7 Å². The smallest absolute Gasteiger partial charge is 0.241 e. The maximum Gasteiger partial charge on any atom is 0.241 e. The van der Waals surface area contributed by atoms with E-state index >= 15 is 0 Å². The average molecular weight is 430 g/mol. The third kappa shape index (κ3) is 5.06. The molecule has 6 nitrogen and oxygen atoms in total. The van der Waals surface area contributed by atoms with Crippen LogP contribution in [-0.2, 0) is 14.8 Å². The van der Waals surface area contributed by atoms with Gasteiger partial charge in [0.2, 0.25) is 15.9 Å². The van der Waals surface area contributed by atoms with Crippen molar-refractivity contribution in [3.63, 3.8) is 0 Å². The van der Waals surface area contributed by atoms with E-state index in [1.54, 1.807) is 24.3 Å². The Labute approximate surface area is 174 Å². The van der Waals surface area contributed by atoms with Crippen LogP contribution in [-0.4, -0.2) is 44.4 Å². The van der Waals surface area contributed by atoms with Gasteiger partial charge in [0, 0.05) is 19.1 Å². The Morgan fingerprint density at radius 3 is 2.43 bits per heavy atom. The minimum absolute atomic E-state index is 0. The standard InChI is InChI=1S/C20H31N3O3S.ClH/c1-13(2)10-19(22-27(25,26)16-7-4-14(3)5-8-16)20(24)23-11-15-6-9-18(21)17(15)12-23;/h4-5,7-8,13,15,17-19,22H,6,9-12,21H2,1-3H3;1H. The first kappa shape index (κ1) is 23.1. The van der Waals surface area contributed by atoms with Gasteiger partial charge in [0.15, 0.2) is 0 Å². The molecule has 3 rings (SSSR count). The second kappa shape index (κ2) is 9.11. The molecule has 1 saturated carbocycles. The van der Waals surface area contributed by atoms with E-state index in [0.717, 1.165) is 18.4 Å². The van der Waals surface area contributed by atoms with Crippen LogP contribution in [0.3, 0.4) is 0 Å². The zero-order chi connectivity index (χ0) is 19.8. The number of fused-ring (bicyclic) bond motifs is 1. The quantitative estimate of drug-likeness (QED) is 0.725. The fraction of sp³-hybridized carbons (Fsp3) is 0.650. The summed E-state index contributed by atoms with van der Waals surface area (Å²) in [6.45, 7) is 7.23. The molecule has 4 unspecified atom stereocenters. The van der Waals surface area contributed by atoms with Crippen LogP contribution in [0.1, 0.15) is 38.7 Å². The van der Waals surface area contributed by atoms with Gasteiger partial charge in [-0.2, -0.15) is 4.72 Å². The summed E-state index contributed by atoms with van der Waals surface area (Å²) in [6.07, 6.45) is 2.55. The molecule has 1 amide bonds. The normalized spacial score (nSPS) is 25.5. The van der Waals surface area contributed by atoms with Gasteiger partial charge in [0.05, 0.1) is 4.90 Å². The summed E-state index contributed by atoms with van der Waals surface area (Å²) in [4.78, 5) is 15.1. The molecular formula is C20H32ClN3O3S. The van der Waals surface area contributed by atoms with E-state index in [9.17, 15) is 13.2 Å². The van der Waals surface area contributed by atoms with Crippen LogP contribution >= 0.6 is 12.4 Å². The van der Waals surface area contributed by atoms with E-state index < -0.39 is 16.1 Å². The maximum absolute atomic E-state index is 13.1. The van der Waals surface area contributed by atoms with E-state index in [1.165, 1.54) is 0 Å². The molecule has 0 spiro atoms. The first-order valence-electron chi connectivity index (χ1n) is 9.80. The molecule has 28 heavy (non-hydrogen) atoms. The van der Waals surface area contributed by atoms with Crippen molar-refractivity contribution in [3.05, 3.63) is 29.8 Å². The van der Waals surface area contributed by atoms with Gasteiger partial charge in [-0.05, 0) is 56.1 Å². The lowest BCUT2D eigenvalue weighted by Crippen LogP contribution is -2.49. The molecule has 0 bridgehead atoms. The topological polar surface area (TPSA) is 92.5 Å². The highest BCUT2D eigenvalue weighted by Crippen LogP contribution is 2.37. The fourth-order valence-electron chi connectivity index (χ4n) is 4.35. The second-order valence-corrected chi connectivity index (χ2v) is 10.2. The highest BCUT2D eigenvalue weighted by molar-refractivity contribution is 7.89. The van der Waals surface area contributed by atoms with Crippen molar-refractivity contribution < 1.29 is 13.2 Å². The number of nitrogens with two attached hydrogens (primary N) is 1. The van der Waals surface area contributed by atoms with Gasteiger partial charge in [0.1, 0.15) is 6.04 Å². The number of carbonyl (C=O) groups excluding carboxylic acids is 1. The third-order valence-electron chi connectivity index (χ3n) is 5.86. The van der Waals surface area contributed by atoms with E-state index in [2.05, 4.69) is 4.72 Å². The summed E-state index contributed by atoms with van der Waals surface area (Å²) in [6, 6.07) is 6.09. The van der Waals surface area contributed by atoms with E-state index in [4.69, 9.17) is 5.73 Å². The molecule has 2 aliphatic rings. The van der Waals surface area contributed by atoms with Crippen molar-refractivity contribution >= 4 is 28.3 Å². The van der Waals surface area contributed by atoms with E-state index in [1.807, 2.05) is 25.7 Å². The predicted octanol–water partition coefficient (Wildman–Crippen LogP) is 2.31. The van der Waals surface area contributed by atoms with Gasteiger partial charge in [-0.1, -0.05) is 31.5 Å². The highest BCUT2D eigenvalue weighted by atomic mass is 35.5. The number of aryl methyl sites for hydroxylation is 1. The fourth-order valence-corrected chi connectivity index (χ4v) is 5.55. The zero-order valence-electron chi connectivity index (χ0n) is 16.8. The summed E-state index contributed by atoms with van der Waals surface area (Å²) in [5.41, 5.74) is 7.17. The Balaban J connectivity index is 0.00000280. The van der Waals surface area contributed by atoms with Crippen molar-refractivity contribution in [1.29, 1.82) is 0 Å². The number of likely N-dealkylation sites (tertiary alicyclic amines) is 1. The number of carbonyl (C=O) groups is 1. The summed E-state index contributed by atoms with van der Waals surface area (Å²) in [5, 5.41) is 0. The lowest BCUT2D eigenvalue weighted by molar-refractivity contribution is -0.132. The molecular weight excluding hydrogens is 398 g/mol. The van der Waals surface area contributed by atoms with Crippen LogP contribution in [0.4, 0.5) is 0 Å². The van der Waals surface area contributed by atoms with Crippen LogP contribution in [0.25, 0.3) is 0 Å². The summed E-state index contributed by atoms with van der Waals surface area (Å²) in [7, 11) is -3.75. The number of halogens is 1. The van der Waals surface area contributed by atoms with Gasteiger partial charge in [-0.25, -0.2) is 8.42 Å². The average Bonchev–Trinajstić information content (AvgIpc) is 3.16. The van der Waals surface area contributed by atoms with Crippen LogP contribution < -0.4 is 10.5 Å². The number of nitrogens with one attached hydrogen (secondary N) is 1. The third-order valence-corrected chi connectivity index (χ3v) is 7.35. The number of nitrogens with zero attached hydrogens (tertiary/aromatic N) is 1. The lowest BCUT2D eigenvalue weighted by Gasteiger charge is -2.26. The number of hydrogen-bond acceptors (Lipinski definition) is 4. The van der Waals surface area contributed by atoms with Gasteiger partial charge in [-0.15, -0.1) is 12.4 Å². The van der Waals surface area contributed by atoms with Gasteiger partial charge in [-0.3, -0.25) is 4.79 Å². The molecule has 0 radical (unpaired) electrons. The minimum atomic E-state index is -3.75.